The SMILES string of the molecule is CNC(c1ccc(-c2ccccc2)cc1)c1cccnc1. The largest absolute Gasteiger partial charge is 0.309 e. The molecule has 2 aromatic carbocycles. The van der Waals surface area contributed by atoms with Gasteiger partial charge in [-0.25, -0.2) is 0 Å². The van der Waals surface area contributed by atoms with E-state index in [-0.39, 0.29) is 6.04 Å². The van der Waals surface area contributed by atoms with Gasteiger partial charge in [0.25, 0.3) is 0 Å². The third kappa shape index (κ3) is 3.01. The van der Waals surface area contributed by atoms with Crippen LogP contribution in [-0.2, 0) is 0 Å². The molecule has 2 nitrogen and oxygen atoms in total. The quantitative estimate of drug-likeness (QED) is 0.776. The number of benzene rings is 2. The molecule has 0 bridgehead atoms. The molecule has 1 unspecified atom stereocenters. The minimum absolute atomic E-state index is 0.170. The van der Waals surface area contributed by atoms with E-state index < -0.39 is 0 Å². The third-order valence-electron chi connectivity index (χ3n) is 3.66. The zero-order valence-electron chi connectivity index (χ0n) is 12.0. The van der Waals surface area contributed by atoms with E-state index in [0.717, 1.165) is 0 Å². The molecule has 0 aliphatic carbocycles. The molecule has 104 valence electrons. The van der Waals surface area contributed by atoms with Crippen molar-refractivity contribution in [3.8, 4) is 11.1 Å². The van der Waals surface area contributed by atoms with E-state index in [1.165, 1.54) is 22.3 Å². The second kappa shape index (κ2) is 6.33. The Morgan fingerprint density at radius 3 is 2.10 bits per heavy atom. The Bertz CT molecular complexity index is 676. The van der Waals surface area contributed by atoms with Crippen LogP contribution in [0.2, 0.25) is 0 Å². The van der Waals surface area contributed by atoms with E-state index in [0.29, 0.717) is 0 Å². The molecule has 21 heavy (non-hydrogen) atoms. The summed E-state index contributed by atoms with van der Waals surface area (Å²) in [4.78, 5) is 4.20. The lowest BCUT2D eigenvalue weighted by atomic mass is 9.97. The van der Waals surface area contributed by atoms with Crippen LogP contribution in [0.4, 0.5) is 0 Å². The monoisotopic (exact) mass is 274 g/mol. The molecule has 0 spiro atoms. The zero-order chi connectivity index (χ0) is 14.5. The zero-order valence-corrected chi connectivity index (χ0v) is 12.0. The summed E-state index contributed by atoms with van der Waals surface area (Å²) in [5, 5.41) is 3.35. The van der Waals surface area contributed by atoms with E-state index in [2.05, 4.69) is 64.9 Å². The normalized spacial score (nSPS) is 12.0. The first-order valence-corrected chi connectivity index (χ1v) is 7.11. The molecule has 0 fully saturated rings. The first kappa shape index (κ1) is 13.5. The molecule has 1 N–H and O–H groups in total. The summed E-state index contributed by atoms with van der Waals surface area (Å²) in [5.41, 5.74) is 4.89. The van der Waals surface area contributed by atoms with Crippen molar-refractivity contribution in [1.29, 1.82) is 0 Å². The van der Waals surface area contributed by atoms with E-state index in [1.54, 1.807) is 6.20 Å². The first-order chi connectivity index (χ1) is 10.4. The van der Waals surface area contributed by atoms with Crippen molar-refractivity contribution in [3.05, 3.63) is 90.3 Å². The van der Waals surface area contributed by atoms with Gasteiger partial charge in [-0.15, -0.1) is 0 Å². The topological polar surface area (TPSA) is 24.9 Å². The standard InChI is InChI=1S/C19H18N2/c1-20-19(18-8-5-13-21-14-18)17-11-9-16(10-12-17)15-6-3-2-4-7-15/h2-14,19-20H,1H3. The van der Waals surface area contributed by atoms with Gasteiger partial charge in [0.05, 0.1) is 6.04 Å². The minimum Gasteiger partial charge on any atom is -0.309 e. The highest BCUT2D eigenvalue weighted by molar-refractivity contribution is 5.63. The number of nitrogens with zero attached hydrogens (tertiary/aromatic N) is 1. The van der Waals surface area contributed by atoms with Crippen LogP contribution in [0.25, 0.3) is 11.1 Å². The molecular weight excluding hydrogens is 256 g/mol. The highest BCUT2D eigenvalue weighted by atomic mass is 14.9. The lowest BCUT2D eigenvalue weighted by Crippen LogP contribution is -2.17. The molecule has 0 amide bonds. The maximum atomic E-state index is 4.20. The van der Waals surface area contributed by atoms with Gasteiger partial charge in [-0.3, -0.25) is 4.98 Å². The first-order valence-electron chi connectivity index (χ1n) is 7.11. The van der Waals surface area contributed by atoms with Crippen molar-refractivity contribution >= 4 is 0 Å². The number of hydrogen-bond donors (Lipinski definition) is 1. The summed E-state index contributed by atoms with van der Waals surface area (Å²) in [6.45, 7) is 0. The van der Waals surface area contributed by atoms with Crippen molar-refractivity contribution in [2.24, 2.45) is 0 Å². The van der Waals surface area contributed by atoms with Gasteiger partial charge in [0.15, 0.2) is 0 Å². The maximum Gasteiger partial charge on any atom is 0.0589 e. The predicted octanol–water partition coefficient (Wildman–Crippen LogP) is 4.06. The fraction of sp³-hybridized carbons (Fsp3) is 0.105. The summed E-state index contributed by atoms with van der Waals surface area (Å²) >= 11 is 0. The van der Waals surface area contributed by atoms with Crippen molar-refractivity contribution in [2.45, 2.75) is 6.04 Å². The molecular formula is C19H18N2. The minimum atomic E-state index is 0.170. The summed E-state index contributed by atoms with van der Waals surface area (Å²) in [5.74, 6) is 0. The molecule has 0 radical (unpaired) electrons. The molecule has 1 heterocycles. The second-order valence-electron chi connectivity index (χ2n) is 5.00. The molecule has 2 heteroatoms. The molecule has 0 aliphatic rings. The number of nitrogens with one attached hydrogen (secondary N) is 1. The number of hydrogen-bond acceptors (Lipinski definition) is 2. The van der Waals surface area contributed by atoms with Gasteiger partial charge < -0.3 is 5.32 Å². The second-order valence-corrected chi connectivity index (χ2v) is 5.00. The maximum absolute atomic E-state index is 4.20. The highest BCUT2D eigenvalue weighted by Gasteiger charge is 2.11. The van der Waals surface area contributed by atoms with Gasteiger partial charge in [0, 0.05) is 12.4 Å². The lowest BCUT2D eigenvalue weighted by molar-refractivity contribution is 0.689. The van der Waals surface area contributed by atoms with Crippen LogP contribution in [0.3, 0.4) is 0 Å². The Kier molecular flexibility index (Phi) is 4.08. The van der Waals surface area contributed by atoms with Crippen LogP contribution in [0, 0.1) is 0 Å². The summed E-state index contributed by atoms with van der Waals surface area (Å²) in [6, 6.07) is 23.4. The van der Waals surface area contributed by atoms with Crippen molar-refractivity contribution < 1.29 is 0 Å². The fourth-order valence-corrected chi connectivity index (χ4v) is 2.57. The van der Waals surface area contributed by atoms with Gasteiger partial charge >= 0.3 is 0 Å². The van der Waals surface area contributed by atoms with E-state index in [9.17, 15) is 0 Å². The lowest BCUT2D eigenvalue weighted by Gasteiger charge is -2.17. The van der Waals surface area contributed by atoms with Gasteiger partial charge in [-0.2, -0.15) is 0 Å². The summed E-state index contributed by atoms with van der Waals surface area (Å²) < 4.78 is 0. The van der Waals surface area contributed by atoms with Gasteiger partial charge in [0.1, 0.15) is 0 Å². The molecule has 0 saturated heterocycles. The summed E-state index contributed by atoms with van der Waals surface area (Å²) in [7, 11) is 1.97. The molecule has 0 aliphatic heterocycles. The molecule has 1 atom stereocenters. The van der Waals surface area contributed by atoms with Crippen molar-refractivity contribution in [2.75, 3.05) is 7.05 Å². The van der Waals surface area contributed by atoms with Gasteiger partial charge in [-0.1, -0.05) is 60.7 Å². The van der Waals surface area contributed by atoms with Crippen molar-refractivity contribution in [3.63, 3.8) is 0 Å². The predicted molar refractivity (Wildman–Crippen MR) is 87.0 cm³/mol. The Balaban J connectivity index is 1.90. The molecule has 1 aromatic heterocycles. The van der Waals surface area contributed by atoms with Crippen LogP contribution < -0.4 is 5.32 Å². The number of pyridine rings is 1. The van der Waals surface area contributed by atoms with E-state index in [4.69, 9.17) is 0 Å². The van der Waals surface area contributed by atoms with Gasteiger partial charge in [-0.05, 0) is 35.4 Å². The number of aromatic nitrogens is 1. The number of rotatable bonds is 4. The van der Waals surface area contributed by atoms with Crippen molar-refractivity contribution in [1.82, 2.24) is 10.3 Å². The average Bonchev–Trinajstić information content (AvgIpc) is 2.58. The van der Waals surface area contributed by atoms with Gasteiger partial charge in [0.2, 0.25) is 0 Å². The van der Waals surface area contributed by atoms with Crippen LogP contribution in [0.15, 0.2) is 79.1 Å². The van der Waals surface area contributed by atoms with Crippen LogP contribution in [0.1, 0.15) is 17.2 Å². The Labute approximate surface area is 125 Å². The average molecular weight is 274 g/mol. The third-order valence-corrected chi connectivity index (χ3v) is 3.66. The fourth-order valence-electron chi connectivity index (χ4n) is 2.57. The van der Waals surface area contributed by atoms with Crippen LogP contribution in [-0.4, -0.2) is 12.0 Å². The van der Waals surface area contributed by atoms with E-state index in [1.807, 2.05) is 25.4 Å². The molecule has 0 saturated carbocycles. The summed E-state index contributed by atoms with van der Waals surface area (Å²) in [6.07, 6.45) is 3.71. The Hall–Kier alpha value is -2.45. The Morgan fingerprint density at radius 2 is 1.48 bits per heavy atom. The Morgan fingerprint density at radius 1 is 0.762 bits per heavy atom. The molecule has 3 rings (SSSR count). The molecule has 3 aromatic rings. The highest BCUT2D eigenvalue weighted by Crippen LogP contribution is 2.25. The smallest absolute Gasteiger partial charge is 0.0589 e. The van der Waals surface area contributed by atoms with E-state index >= 15 is 0 Å². The van der Waals surface area contributed by atoms with Crippen LogP contribution in [0.5, 0.6) is 0 Å². The van der Waals surface area contributed by atoms with Crippen LogP contribution >= 0.6 is 0 Å².